The Kier molecular flexibility index (Phi) is 7.20. The number of carboxylic acid groups (broad SMARTS) is 1. The Bertz CT molecular complexity index is 1250. The number of anilines is 3. The van der Waals surface area contributed by atoms with E-state index in [4.69, 9.17) is 0 Å². The summed E-state index contributed by atoms with van der Waals surface area (Å²) >= 11 is 0. The maximum Gasteiger partial charge on any atom is 0.335 e. The Morgan fingerprint density at radius 3 is 2.24 bits per heavy atom. The van der Waals surface area contributed by atoms with Crippen LogP contribution in [0.15, 0.2) is 65.8 Å². The molecule has 2 amide bonds. The van der Waals surface area contributed by atoms with Crippen LogP contribution in [0.5, 0.6) is 0 Å². The lowest BCUT2D eigenvalue weighted by Gasteiger charge is -2.12. The van der Waals surface area contributed by atoms with E-state index in [1.165, 1.54) is 18.3 Å². The molecule has 0 bridgehead atoms. The highest BCUT2D eigenvalue weighted by atomic mass is 16.4. The van der Waals surface area contributed by atoms with Crippen LogP contribution in [0, 0.1) is 20.8 Å². The molecule has 8 heteroatoms. The second-order valence-corrected chi connectivity index (χ2v) is 7.45. The summed E-state index contributed by atoms with van der Waals surface area (Å²) in [5.74, 6) is -2.91. The number of carbonyl (C=O) groups excluding carboxylic acids is 2. The molecule has 0 heterocycles. The van der Waals surface area contributed by atoms with Crippen molar-refractivity contribution in [1.82, 2.24) is 5.43 Å². The van der Waals surface area contributed by atoms with Gasteiger partial charge in [0.1, 0.15) is 0 Å². The van der Waals surface area contributed by atoms with Crippen LogP contribution in [0.2, 0.25) is 0 Å². The fourth-order valence-electron chi connectivity index (χ4n) is 3.05. The van der Waals surface area contributed by atoms with E-state index in [9.17, 15) is 19.5 Å². The number of para-hydroxylation sites is 1. The standard InChI is InChI=1S/C25H24N4O4/c1-15-8-6-10-21(17(15)3)28-23(30)24(31)29-26-14-19-13-18(25(32)33)11-12-22(19)27-20-9-5-4-7-16(20)2/h4-14,27H,1-3H3,(H,28,30)(H,29,31)(H,32,33)/b26-14-. The third-order valence-corrected chi connectivity index (χ3v) is 5.14. The summed E-state index contributed by atoms with van der Waals surface area (Å²) < 4.78 is 0. The molecule has 33 heavy (non-hydrogen) atoms. The molecule has 0 saturated heterocycles. The van der Waals surface area contributed by atoms with Crippen molar-refractivity contribution in [3.63, 3.8) is 0 Å². The van der Waals surface area contributed by atoms with Crippen molar-refractivity contribution < 1.29 is 19.5 Å². The van der Waals surface area contributed by atoms with E-state index in [2.05, 4.69) is 21.2 Å². The Morgan fingerprint density at radius 1 is 0.818 bits per heavy atom. The molecule has 0 aliphatic rings. The predicted octanol–water partition coefficient (Wildman–Crippen LogP) is 4.14. The Morgan fingerprint density at radius 2 is 1.52 bits per heavy atom. The van der Waals surface area contributed by atoms with Crippen LogP contribution in [0.3, 0.4) is 0 Å². The largest absolute Gasteiger partial charge is 0.478 e. The minimum absolute atomic E-state index is 0.0609. The first-order chi connectivity index (χ1) is 15.8. The minimum Gasteiger partial charge on any atom is -0.478 e. The topological polar surface area (TPSA) is 120 Å². The van der Waals surface area contributed by atoms with Crippen LogP contribution < -0.4 is 16.1 Å². The molecule has 0 aromatic heterocycles. The fraction of sp³-hybridized carbons (Fsp3) is 0.120. The van der Waals surface area contributed by atoms with Gasteiger partial charge in [0.2, 0.25) is 0 Å². The van der Waals surface area contributed by atoms with E-state index >= 15 is 0 Å². The lowest BCUT2D eigenvalue weighted by Crippen LogP contribution is -2.32. The quantitative estimate of drug-likeness (QED) is 0.259. The number of hydrogen-bond acceptors (Lipinski definition) is 5. The zero-order valence-corrected chi connectivity index (χ0v) is 18.5. The molecule has 168 valence electrons. The molecule has 4 N–H and O–H groups in total. The number of amides is 2. The van der Waals surface area contributed by atoms with Crippen LogP contribution in [-0.2, 0) is 9.59 Å². The highest BCUT2D eigenvalue weighted by Crippen LogP contribution is 2.24. The van der Waals surface area contributed by atoms with Crippen LogP contribution in [0.25, 0.3) is 0 Å². The molecule has 0 aliphatic carbocycles. The second-order valence-electron chi connectivity index (χ2n) is 7.45. The van der Waals surface area contributed by atoms with Gasteiger partial charge in [-0.05, 0) is 67.8 Å². The van der Waals surface area contributed by atoms with E-state index in [1.54, 1.807) is 18.2 Å². The van der Waals surface area contributed by atoms with Crippen molar-refractivity contribution in [1.29, 1.82) is 0 Å². The zero-order valence-electron chi connectivity index (χ0n) is 18.5. The molecule has 0 radical (unpaired) electrons. The van der Waals surface area contributed by atoms with Gasteiger partial charge in [-0.25, -0.2) is 10.2 Å². The van der Waals surface area contributed by atoms with Gasteiger partial charge in [-0.2, -0.15) is 5.10 Å². The fourth-order valence-corrected chi connectivity index (χ4v) is 3.05. The first kappa shape index (κ1) is 23.2. The Balaban J connectivity index is 1.76. The van der Waals surface area contributed by atoms with Crippen molar-refractivity contribution in [2.75, 3.05) is 10.6 Å². The number of aromatic carboxylic acids is 1. The number of carbonyl (C=O) groups is 3. The maximum atomic E-state index is 12.2. The predicted molar refractivity (Wildman–Crippen MR) is 128 cm³/mol. The summed E-state index contributed by atoms with van der Waals surface area (Å²) in [5, 5.41) is 19.0. The van der Waals surface area contributed by atoms with E-state index in [1.807, 2.05) is 51.1 Å². The van der Waals surface area contributed by atoms with Crippen LogP contribution in [-0.4, -0.2) is 29.1 Å². The molecule has 0 fully saturated rings. The molecular formula is C25H24N4O4. The summed E-state index contributed by atoms with van der Waals surface area (Å²) in [5.41, 5.74) is 7.48. The summed E-state index contributed by atoms with van der Waals surface area (Å²) in [7, 11) is 0. The van der Waals surface area contributed by atoms with E-state index < -0.39 is 17.8 Å². The number of hydrogen-bond donors (Lipinski definition) is 4. The summed E-state index contributed by atoms with van der Waals surface area (Å²) in [4.78, 5) is 35.8. The number of hydrazone groups is 1. The van der Waals surface area contributed by atoms with Gasteiger partial charge in [0.15, 0.2) is 0 Å². The van der Waals surface area contributed by atoms with Crippen LogP contribution in [0.1, 0.15) is 32.6 Å². The minimum atomic E-state index is -1.09. The molecular weight excluding hydrogens is 420 g/mol. The van der Waals surface area contributed by atoms with Gasteiger partial charge in [0.25, 0.3) is 0 Å². The summed E-state index contributed by atoms with van der Waals surface area (Å²) in [6.07, 6.45) is 1.29. The number of carboxylic acids is 1. The van der Waals surface area contributed by atoms with Crippen molar-refractivity contribution in [2.45, 2.75) is 20.8 Å². The zero-order chi connectivity index (χ0) is 24.0. The third kappa shape index (κ3) is 5.82. The van der Waals surface area contributed by atoms with Crippen LogP contribution in [0.4, 0.5) is 17.1 Å². The average molecular weight is 444 g/mol. The van der Waals surface area contributed by atoms with Gasteiger partial charge in [0.05, 0.1) is 11.8 Å². The summed E-state index contributed by atoms with van der Waals surface area (Å²) in [6, 6.07) is 17.5. The van der Waals surface area contributed by atoms with Gasteiger partial charge >= 0.3 is 17.8 Å². The van der Waals surface area contributed by atoms with Gasteiger partial charge in [-0.15, -0.1) is 0 Å². The maximum absolute atomic E-state index is 12.2. The number of benzene rings is 3. The normalized spacial score (nSPS) is 10.6. The second kappa shape index (κ2) is 10.2. The first-order valence-corrected chi connectivity index (χ1v) is 10.2. The number of nitrogens with zero attached hydrogens (tertiary/aromatic N) is 1. The van der Waals surface area contributed by atoms with E-state index in [0.717, 1.165) is 22.4 Å². The third-order valence-electron chi connectivity index (χ3n) is 5.14. The molecule has 3 aromatic rings. The lowest BCUT2D eigenvalue weighted by molar-refractivity contribution is -0.136. The molecule has 0 unspecified atom stereocenters. The van der Waals surface area contributed by atoms with E-state index in [0.29, 0.717) is 16.9 Å². The lowest BCUT2D eigenvalue weighted by atomic mass is 10.1. The number of aryl methyl sites for hydroxylation is 2. The number of rotatable bonds is 6. The number of nitrogens with one attached hydrogen (secondary N) is 3. The SMILES string of the molecule is Cc1ccccc1Nc1ccc(C(=O)O)cc1/C=N\NC(=O)C(=O)Nc1cccc(C)c1C. The van der Waals surface area contributed by atoms with Gasteiger partial charge in [-0.3, -0.25) is 9.59 Å². The molecule has 0 saturated carbocycles. The Labute approximate surface area is 191 Å². The average Bonchev–Trinajstić information content (AvgIpc) is 2.79. The monoisotopic (exact) mass is 444 g/mol. The van der Waals surface area contributed by atoms with Crippen molar-refractivity contribution in [3.05, 3.63) is 88.5 Å². The van der Waals surface area contributed by atoms with Gasteiger partial charge in [0, 0.05) is 22.6 Å². The smallest absolute Gasteiger partial charge is 0.335 e. The van der Waals surface area contributed by atoms with Gasteiger partial charge < -0.3 is 15.7 Å². The Hall–Kier alpha value is -4.46. The molecule has 3 aromatic carbocycles. The molecule has 0 spiro atoms. The van der Waals surface area contributed by atoms with Gasteiger partial charge in [-0.1, -0.05) is 30.3 Å². The van der Waals surface area contributed by atoms with Crippen molar-refractivity contribution in [2.24, 2.45) is 5.10 Å². The molecule has 3 rings (SSSR count). The first-order valence-electron chi connectivity index (χ1n) is 10.2. The summed E-state index contributed by atoms with van der Waals surface area (Å²) in [6.45, 7) is 5.69. The van der Waals surface area contributed by atoms with Crippen LogP contribution >= 0.6 is 0 Å². The van der Waals surface area contributed by atoms with Crippen molar-refractivity contribution >= 4 is 41.1 Å². The molecule has 8 nitrogen and oxygen atoms in total. The molecule has 0 aliphatic heterocycles. The molecule has 0 atom stereocenters. The highest BCUT2D eigenvalue weighted by Gasteiger charge is 2.15. The highest BCUT2D eigenvalue weighted by molar-refractivity contribution is 6.39. The van der Waals surface area contributed by atoms with E-state index in [-0.39, 0.29) is 5.56 Å². The van der Waals surface area contributed by atoms with Crippen molar-refractivity contribution in [3.8, 4) is 0 Å².